The summed E-state index contributed by atoms with van der Waals surface area (Å²) in [4.78, 5) is 11.8. The van der Waals surface area contributed by atoms with Gasteiger partial charge in [0.1, 0.15) is 5.82 Å². The van der Waals surface area contributed by atoms with E-state index in [1.165, 1.54) is 6.07 Å². The fraction of sp³-hybridized carbons (Fsp3) is 0.533. The van der Waals surface area contributed by atoms with E-state index in [0.717, 1.165) is 25.0 Å². The van der Waals surface area contributed by atoms with Gasteiger partial charge >= 0.3 is 6.03 Å². The topological polar surface area (TPSA) is 50.4 Å². The monoisotopic (exact) mass is 280 g/mol. The zero-order chi connectivity index (χ0) is 14.5. The molecular weight excluding hydrogens is 259 g/mol. The van der Waals surface area contributed by atoms with Crippen LogP contribution >= 0.6 is 0 Å². The molecule has 2 N–H and O–H groups in total. The van der Waals surface area contributed by atoms with Crippen LogP contribution in [-0.4, -0.2) is 24.8 Å². The van der Waals surface area contributed by atoms with Crippen LogP contribution in [0.4, 0.5) is 9.18 Å². The minimum Gasteiger partial charge on any atom is -0.376 e. The van der Waals surface area contributed by atoms with Crippen molar-refractivity contribution >= 4 is 6.03 Å². The van der Waals surface area contributed by atoms with E-state index < -0.39 is 0 Å². The lowest BCUT2D eigenvalue weighted by Gasteiger charge is -2.20. The Bertz CT molecular complexity index is 473. The van der Waals surface area contributed by atoms with Gasteiger partial charge in [-0.1, -0.05) is 12.1 Å². The zero-order valence-corrected chi connectivity index (χ0v) is 11.9. The average Bonchev–Trinajstić information content (AvgIpc) is 2.94. The van der Waals surface area contributed by atoms with Gasteiger partial charge in [0, 0.05) is 13.2 Å². The highest BCUT2D eigenvalue weighted by Gasteiger charge is 2.23. The smallest absolute Gasteiger partial charge is 0.315 e. The lowest BCUT2D eigenvalue weighted by molar-refractivity contribution is 0.0860. The summed E-state index contributed by atoms with van der Waals surface area (Å²) in [5.74, 6) is -0.252. The van der Waals surface area contributed by atoms with E-state index in [9.17, 15) is 9.18 Å². The average molecular weight is 280 g/mol. The highest BCUT2D eigenvalue weighted by molar-refractivity contribution is 5.74. The summed E-state index contributed by atoms with van der Waals surface area (Å²) < 4.78 is 18.9. The highest BCUT2D eigenvalue weighted by Crippen LogP contribution is 2.15. The summed E-state index contributed by atoms with van der Waals surface area (Å²) in [7, 11) is 0. The van der Waals surface area contributed by atoms with Gasteiger partial charge in [0.05, 0.1) is 12.1 Å². The van der Waals surface area contributed by atoms with Crippen LogP contribution in [0.2, 0.25) is 0 Å². The van der Waals surface area contributed by atoms with Crippen molar-refractivity contribution in [3.8, 4) is 0 Å². The summed E-state index contributed by atoms with van der Waals surface area (Å²) in [5.41, 5.74) is 1.35. The first kappa shape index (κ1) is 14.8. The molecule has 1 aromatic carbocycles. The van der Waals surface area contributed by atoms with Gasteiger partial charge in [0.2, 0.25) is 0 Å². The molecule has 1 aromatic rings. The molecule has 4 nitrogen and oxygen atoms in total. The summed E-state index contributed by atoms with van der Waals surface area (Å²) >= 11 is 0. The molecule has 0 aromatic heterocycles. The Morgan fingerprint density at radius 1 is 1.55 bits per heavy atom. The predicted molar refractivity (Wildman–Crippen MR) is 74.9 cm³/mol. The zero-order valence-electron chi connectivity index (χ0n) is 11.9. The number of carbonyl (C=O) groups excluding carboxylic acids is 1. The maximum absolute atomic E-state index is 13.4. The Labute approximate surface area is 118 Å². The number of aryl methyl sites for hydroxylation is 1. The predicted octanol–water partition coefficient (Wildman–Crippen LogP) is 2.50. The van der Waals surface area contributed by atoms with E-state index in [-0.39, 0.29) is 24.0 Å². The first-order chi connectivity index (χ1) is 9.56. The number of urea groups is 1. The second-order valence-electron chi connectivity index (χ2n) is 5.25. The quantitative estimate of drug-likeness (QED) is 0.890. The number of benzene rings is 1. The molecule has 5 heteroatoms. The largest absolute Gasteiger partial charge is 0.376 e. The van der Waals surface area contributed by atoms with Crippen LogP contribution in [0, 0.1) is 12.7 Å². The van der Waals surface area contributed by atoms with Crippen molar-refractivity contribution in [2.24, 2.45) is 0 Å². The van der Waals surface area contributed by atoms with Crippen molar-refractivity contribution in [2.75, 3.05) is 6.61 Å². The van der Waals surface area contributed by atoms with Crippen LogP contribution in [0.3, 0.4) is 0 Å². The van der Waals surface area contributed by atoms with E-state index in [0.29, 0.717) is 12.1 Å². The molecule has 1 heterocycles. The van der Waals surface area contributed by atoms with Crippen LogP contribution in [0.1, 0.15) is 30.9 Å². The van der Waals surface area contributed by atoms with Crippen LogP contribution in [-0.2, 0) is 11.3 Å². The second kappa shape index (κ2) is 6.70. The summed E-state index contributed by atoms with van der Waals surface area (Å²) in [6.07, 6.45) is 2.11. The number of hydrogen-bond acceptors (Lipinski definition) is 2. The Balaban J connectivity index is 1.78. The molecule has 1 aliphatic heterocycles. The Kier molecular flexibility index (Phi) is 4.95. The van der Waals surface area contributed by atoms with Crippen LogP contribution in [0.5, 0.6) is 0 Å². The number of rotatable bonds is 4. The van der Waals surface area contributed by atoms with Crippen LogP contribution in [0.25, 0.3) is 0 Å². The van der Waals surface area contributed by atoms with E-state index in [1.807, 2.05) is 13.0 Å². The fourth-order valence-electron chi connectivity index (χ4n) is 2.28. The minimum absolute atomic E-state index is 0.0211. The van der Waals surface area contributed by atoms with Crippen molar-refractivity contribution in [1.29, 1.82) is 0 Å². The molecule has 1 saturated heterocycles. The van der Waals surface area contributed by atoms with Crippen molar-refractivity contribution in [1.82, 2.24) is 10.6 Å². The maximum Gasteiger partial charge on any atom is 0.315 e. The normalized spacial score (nSPS) is 19.6. The fourth-order valence-corrected chi connectivity index (χ4v) is 2.28. The Morgan fingerprint density at radius 3 is 3.00 bits per heavy atom. The molecule has 110 valence electrons. The van der Waals surface area contributed by atoms with Crippen molar-refractivity contribution < 1.29 is 13.9 Å². The number of halogens is 1. The first-order valence-corrected chi connectivity index (χ1v) is 6.97. The first-order valence-electron chi connectivity index (χ1n) is 6.97. The number of nitrogens with one attached hydrogen (secondary N) is 2. The Morgan fingerprint density at radius 2 is 2.35 bits per heavy atom. The van der Waals surface area contributed by atoms with E-state index in [2.05, 4.69) is 10.6 Å². The molecular formula is C15H21FN2O2. The molecule has 0 aliphatic carbocycles. The summed E-state index contributed by atoms with van der Waals surface area (Å²) in [6, 6.07) is 4.68. The third kappa shape index (κ3) is 3.93. The van der Waals surface area contributed by atoms with E-state index in [1.54, 1.807) is 13.0 Å². The van der Waals surface area contributed by atoms with Crippen molar-refractivity contribution in [3.63, 3.8) is 0 Å². The second-order valence-corrected chi connectivity index (χ2v) is 5.25. The van der Waals surface area contributed by atoms with E-state index >= 15 is 0 Å². The van der Waals surface area contributed by atoms with Gasteiger partial charge in [-0.3, -0.25) is 0 Å². The Hall–Kier alpha value is -1.62. The number of hydrogen-bond donors (Lipinski definition) is 2. The molecule has 1 aliphatic rings. The minimum atomic E-state index is -0.256. The molecule has 0 spiro atoms. The van der Waals surface area contributed by atoms with Crippen LogP contribution in [0.15, 0.2) is 18.2 Å². The van der Waals surface area contributed by atoms with Gasteiger partial charge in [-0.05, 0) is 43.9 Å². The van der Waals surface area contributed by atoms with Crippen LogP contribution < -0.4 is 10.6 Å². The van der Waals surface area contributed by atoms with Gasteiger partial charge < -0.3 is 15.4 Å². The summed E-state index contributed by atoms with van der Waals surface area (Å²) in [6.45, 7) is 4.71. The molecule has 20 heavy (non-hydrogen) atoms. The number of amides is 2. The molecule has 0 bridgehead atoms. The summed E-state index contributed by atoms with van der Waals surface area (Å²) in [5, 5.41) is 5.58. The van der Waals surface area contributed by atoms with Gasteiger partial charge in [0.25, 0.3) is 0 Å². The molecule has 2 amide bonds. The third-order valence-electron chi connectivity index (χ3n) is 3.57. The standard InChI is InChI=1S/C15H21FN2O2/c1-10-5-6-12(8-13(10)16)9-17-15(19)18-11(2)14-4-3-7-20-14/h5-6,8,11,14H,3-4,7,9H2,1-2H3,(H2,17,18,19)/t11-,14-/m0/s1. The molecule has 2 atom stereocenters. The lowest BCUT2D eigenvalue weighted by atomic mass is 10.1. The van der Waals surface area contributed by atoms with Gasteiger partial charge in [-0.2, -0.15) is 0 Å². The molecule has 0 radical (unpaired) electrons. The third-order valence-corrected chi connectivity index (χ3v) is 3.57. The van der Waals surface area contributed by atoms with Gasteiger partial charge in [-0.15, -0.1) is 0 Å². The number of carbonyl (C=O) groups is 1. The highest BCUT2D eigenvalue weighted by atomic mass is 19.1. The molecule has 0 unspecified atom stereocenters. The van der Waals surface area contributed by atoms with Gasteiger partial charge in [0.15, 0.2) is 0 Å². The molecule has 1 fully saturated rings. The van der Waals surface area contributed by atoms with Gasteiger partial charge in [-0.25, -0.2) is 9.18 Å². The van der Waals surface area contributed by atoms with E-state index in [4.69, 9.17) is 4.74 Å². The molecule has 2 rings (SSSR count). The van der Waals surface area contributed by atoms with Crippen molar-refractivity contribution in [2.45, 2.75) is 45.4 Å². The lowest BCUT2D eigenvalue weighted by Crippen LogP contribution is -2.45. The maximum atomic E-state index is 13.4. The molecule has 0 saturated carbocycles. The van der Waals surface area contributed by atoms with Crippen molar-refractivity contribution in [3.05, 3.63) is 35.1 Å². The number of ether oxygens (including phenoxy) is 1. The SMILES string of the molecule is Cc1ccc(CNC(=O)N[C@@H](C)[C@@H]2CCCO2)cc1F.